The van der Waals surface area contributed by atoms with Gasteiger partial charge in [0.1, 0.15) is 17.7 Å². The molecule has 0 atom stereocenters. The number of halogens is 1. The van der Waals surface area contributed by atoms with Gasteiger partial charge in [-0.15, -0.1) is 0 Å². The van der Waals surface area contributed by atoms with Crippen LogP contribution in [0.3, 0.4) is 0 Å². The molecule has 3 N–H and O–H groups in total. The summed E-state index contributed by atoms with van der Waals surface area (Å²) < 4.78 is 14.5. The zero-order valence-electron chi connectivity index (χ0n) is 13.5. The second-order valence-corrected chi connectivity index (χ2v) is 5.46. The zero-order chi connectivity index (χ0) is 18.0. The average Bonchev–Trinajstić information content (AvgIpc) is 2.60. The number of nitrogen functional groups attached to an aromatic ring is 1. The van der Waals surface area contributed by atoms with Crippen molar-refractivity contribution >= 4 is 22.4 Å². The van der Waals surface area contributed by atoms with E-state index in [2.05, 4.69) is 15.3 Å². The molecule has 0 unspecified atom stereocenters. The predicted octanol–water partition coefficient (Wildman–Crippen LogP) is 1.79. The molecule has 0 saturated heterocycles. The van der Waals surface area contributed by atoms with Gasteiger partial charge in [0.25, 0.3) is 0 Å². The lowest BCUT2D eigenvalue weighted by Crippen LogP contribution is -2.40. The van der Waals surface area contributed by atoms with Gasteiger partial charge < -0.3 is 16.3 Å². The molecular formula is C17H16FN5O2. The van der Waals surface area contributed by atoms with Crippen molar-refractivity contribution in [1.82, 2.24) is 15.3 Å². The van der Waals surface area contributed by atoms with Crippen molar-refractivity contribution in [3.8, 4) is 11.3 Å². The first-order valence-electron chi connectivity index (χ1n) is 7.73. The number of nitrogens with two attached hydrogens (primary N) is 1. The first-order chi connectivity index (χ1) is 12.0. The van der Waals surface area contributed by atoms with E-state index in [-0.39, 0.29) is 17.1 Å². The molecule has 128 valence electrons. The molecule has 0 aliphatic heterocycles. The Hall–Kier alpha value is -3.29. The smallest absolute Gasteiger partial charge is 0.319 e. The van der Waals surface area contributed by atoms with Crippen molar-refractivity contribution in [2.75, 3.05) is 12.3 Å². The summed E-state index contributed by atoms with van der Waals surface area (Å²) in [5, 5.41) is 15.9. The number of hydrogen-bond donors (Lipinski definition) is 2. The zero-order valence-corrected chi connectivity index (χ0v) is 13.5. The van der Waals surface area contributed by atoms with Crippen molar-refractivity contribution in [3.05, 3.63) is 53.6 Å². The molecule has 3 aromatic rings. The Morgan fingerprint density at radius 1 is 1.40 bits per heavy atom. The second-order valence-electron chi connectivity index (χ2n) is 5.46. The van der Waals surface area contributed by atoms with E-state index >= 15 is 0 Å². The van der Waals surface area contributed by atoms with Gasteiger partial charge in [-0.2, -0.15) is 4.73 Å². The normalized spacial score (nSPS) is 10.8. The number of nitrogens with zero attached hydrogens (tertiary/aromatic N) is 3. The SMILES string of the molecule is CCCNC(=O)c1c(N)c2cccc(-c3ncncc3F)c2c[n+]1[O-]. The molecule has 7 nitrogen and oxygen atoms in total. The van der Waals surface area contributed by atoms with Crippen molar-refractivity contribution in [2.24, 2.45) is 0 Å². The van der Waals surface area contributed by atoms with Gasteiger partial charge in [0.15, 0.2) is 12.0 Å². The molecule has 0 saturated carbocycles. The van der Waals surface area contributed by atoms with Crippen molar-refractivity contribution < 1.29 is 13.9 Å². The summed E-state index contributed by atoms with van der Waals surface area (Å²) in [5.74, 6) is -1.16. The molecule has 25 heavy (non-hydrogen) atoms. The minimum absolute atomic E-state index is 0.0393. The van der Waals surface area contributed by atoms with E-state index in [1.165, 1.54) is 12.5 Å². The van der Waals surface area contributed by atoms with Gasteiger partial charge in [-0.1, -0.05) is 25.1 Å². The van der Waals surface area contributed by atoms with Crippen LogP contribution in [-0.4, -0.2) is 22.4 Å². The molecule has 2 heterocycles. The Bertz CT molecular complexity index is 961. The number of rotatable bonds is 4. The molecule has 1 amide bonds. The molecule has 0 aliphatic rings. The van der Waals surface area contributed by atoms with Gasteiger partial charge in [0.2, 0.25) is 0 Å². The van der Waals surface area contributed by atoms with Crippen molar-refractivity contribution in [3.63, 3.8) is 0 Å². The highest BCUT2D eigenvalue weighted by Gasteiger charge is 2.24. The summed E-state index contributed by atoms with van der Waals surface area (Å²) in [7, 11) is 0. The minimum Gasteiger partial charge on any atom is -0.618 e. The van der Waals surface area contributed by atoms with E-state index in [0.29, 0.717) is 27.6 Å². The summed E-state index contributed by atoms with van der Waals surface area (Å²) >= 11 is 0. The van der Waals surface area contributed by atoms with Crippen LogP contribution in [0, 0.1) is 11.0 Å². The van der Waals surface area contributed by atoms with Crippen LogP contribution in [0.15, 0.2) is 36.9 Å². The fourth-order valence-electron chi connectivity index (χ4n) is 2.63. The maximum absolute atomic E-state index is 14.0. The van der Waals surface area contributed by atoms with Crippen LogP contribution in [0.25, 0.3) is 22.0 Å². The van der Waals surface area contributed by atoms with E-state index in [0.717, 1.165) is 12.6 Å². The third-order valence-corrected chi connectivity index (χ3v) is 3.79. The van der Waals surface area contributed by atoms with Crippen molar-refractivity contribution in [1.29, 1.82) is 0 Å². The van der Waals surface area contributed by atoms with Crippen LogP contribution in [0.4, 0.5) is 10.1 Å². The fraction of sp³-hybridized carbons (Fsp3) is 0.176. The lowest BCUT2D eigenvalue weighted by molar-refractivity contribution is -0.605. The summed E-state index contributed by atoms with van der Waals surface area (Å²) in [5.41, 5.74) is 6.39. The number of nitrogens with one attached hydrogen (secondary N) is 1. The minimum atomic E-state index is -0.615. The number of benzene rings is 1. The van der Waals surface area contributed by atoms with Gasteiger partial charge in [0, 0.05) is 17.5 Å². The Labute approximate surface area is 142 Å². The number of fused-ring (bicyclic) bond motifs is 1. The van der Waals surface area contributed by atoms with Gasteiger partial charge in [-0.05, 0) is 6.42 Å². The second kappa shape index (κ2) is 6.68. The highest BCUT2D eigenvalue weighted by atomic mass is 19.1. The predicted molar refractivity (Wildman–Crippen MR) is 90.9 cm³/mol. The monoisotopic (exact) mass is 341 g/mol. The summed E-state index contributed by atoms with van der Waals surface area (Å²) in [6.07, 6.45) is 4.21. The number of carbonyl (C=O) groups is 1. The maximum atomic E-state index is 14.0. The topological polar surface area (TPSA) is 108 Å². The molecule has 3 rings (SSSR count). The molecule has 0 radical (unpaired) electrons. The van der Waals surface area contributed by atoms with E-state index in [1.807, 2.05) is 6.92 Å². The summed E-state index contributed by atoms with van der Waals surface area (Å²) in [6.45, 7) is 2.33. The third-order valence-electron chi connectivity index (χ3n) is 3.79. The van der Waals surface area contributed by atoms with Crippen LogP contribution in [-0.2, 0) is 0 Å². The number of carbonyl (C=O) groups excluding carboxylic acids is 1. The molecule has 2 aromatic heterocycles. The third kappa shape index (κ3) is 2.93. The van der Waals surface area contributed by atoms with Crippen LogP contribution in [0.2, 0.25) is 0 Å². The quantitative estimate of drug-likeness (QED) is 0.556. The summed E-state index contributed by atoms with van der Waals surface area (Å²) in [4.78, 5) is 19.8. The molecule has 1 aromatic carbocycles. The molecule has 0 fully saturated rings. The number of amides is 1. The number of pyridine rings is 1. The van der Waals surface area contributed by atoms with E-state index < -0.39 is 11.7 Å². The number of hydrogen-bond acceptors (Lipinski definition) is 5. The Morgan fingerprint density at radius 3 is 2.92 bits per heavy atom. The van der Waals surface area contributed by atoms with E-state index in [4.69, 9.17) is 5.73 Å². The van der Waals surface area contributed by atoms with Crippen molar-refractivity contribution in [2.45, 2.75) is 13.3 Å². The van der Waals surface area contributed by atoms with Gasteiger partial charge in [-0.25, -0.2) is 14.4 Å². The maximum Gasteiger partial charge on any atom is 0.319 e. The lowest BCUT2D eigenvalue weighted by atomic mass is 10.0. The highest BCUT2D eigenvalue weighted by Crippen LogP contribution is 2.31. The van der Waals surface area contributed by atoms with Gasteiger partial charge in [-0.3, -0.25) is 4.79 Å². The van der Waals surface area contributed by atoms with Gasteiger partial charge in [0.05, 0.1) is 11.6 Å². The van der Waals surface area contributed by atoms with Crippen LogP contribution >= 0.6 is 0 Å². The fourth-order valence-corrected chi connectivity index (χ4v) is 2.63. The first-order valence-corrected chi connectivity index (χ1v) is 7.73. The number of aromatic nitrogens is 3. The largest absolute Gasteiger partial charge is 0.618 e. The average molecular weight is 341 g/mol. The molecular weight excluding hydrogens is 325 g/mol. The lowest BCUT2D eigenvalue weighted by Gasteiger charge is -2.12. The van der Waals surface area contributed by atoms with Crippen LogP contribution < -0.4 is 15.8 Å². The van der Waals surface area contributed by atoms with Gasteiger partial charge >= 0.3 is 11.6 Å². The van der Waals surface area contributed by atoms with Crippen LogP contribution in [0.5, 0.6) is 0 Å². The molecule has 0 aliphatic carbocycles. The van der Waals surface area contributed by atoms with E-state index in [1.54, 1.807) is 18.2 Å². The van der Waals surface area contributed by atoms with E-state index in [9.17, 15) is 14.4 Å². The highest BCUT2D eigenvalue weighted by molar-refractivity contribution is 6.07. The first kappa shape index (κ1) is 16.6. The number of anilines is 1. The Morgan fingerprint density at radius 2 is 2.20 bits per heavy atom. The Balaban J connectivity index is 2.22. The van der Waals surface area contributed by atoms with Crippen LogP contribution in [0.1, 0.15) is 23.8 Å². The Kier molecular flexibility index (Phi) is 4.42. The molecule has 8 heteroatoms. The summed E-state index contributed by atoms with van der Waals surface area (Å²) in [6, 6.07) is 4.96. The standard InChI is InChI=1S/C17H16FN5O2/c1-2-6-21-17(24)16-14(19)10-4-3-5-11(12(10)8-23(16)25)15-13(18)7-20-9-22-15/h3-5,7-9H,2,6,19H2,1H3,(H,21,24). The molecule has 0 bridgehead atoms. The molecule has 0 spiro atoms.